The Labute approximate surface area is 165 Å². The van der Waals surface area contributed by atoms with E-state index in [0.717, 1.165) is 17.1 Å². The van der Waals surface area contributed by atoms with Gasteiger partial charge in [0.25, 0.3) is 0 Å². The van der Waals surface area contributed by atoms with Crippen LogP contribution in [0.4, 0.5) is 8.78 Å². The van der Waals surface area contributed by atoms with Gasteiger partial charge >= 0.3 is 0 Å². The molecule has 4 aromatic rings. The second kappa shape index (κ2) is 6.53. The highest BCUT2D eigenvalue weighted by atomic mass is 32.2. The fourth-order valence-corrected chi connectivity index (χ4v) is 3.99. The third kappa shape index (κ3) is 3.23. The van der Waals surface area contributed by atoms with Crippen molar-refractivity contribution >= 4 is 32.1 Å². The molecule has 2 N–H and O–H groups in total. The third-order valence-electron chi connectivity index (χ3n) is 4.78. The maximum absolute atomic E-state index is 14.6. The Balaban J connectivity index is 1.95. The molecule has 0 spiro atoms. The van der Waals surface area contributed by atoms with Gasteiger partial charge in [0.05, 0.1) is 17.8 Å². The van der Waals surface area contributed by atoms with Gasteiger partial charge in [-0.3, -0.25) is 0 Å². The minimum Gasteiger partial charge on any atom is -0.323 e. The van der Waals surface area contributed by atoms with Crippen molar-refractivity contribution in [3.8, 4) is 0 Å². The Morgan fingerprint density at radius 2 is 1.76 bits per heavy atom. The van der Waals surface area contributed by atoms with Crippen LogP contribution in [0.25, 0.3) is 22.1 Å². The predicted molar refractivity (Wildman–Crippen MR) is 104 cm³/mol. The molecule has 150 valence electrons. The Hall–Kier alpha value is -2.98. The average molecular weight is 417 g/mol. The molecule has 0 unspecified atom stereocenters. The van der Waals surface area contributed by atoms with E-state index in [-0.39, 0.29) is 12.1 Å². The van der Waals surface area contributed by atoms with Crippen LogP contribution in [0.3, 0.4) is 0 Å². The van der Waals surface area contributed by atoms with E-state index < -0.39 is 26.6 Å². The number of nitrogens with zero attached hydrogens (tertiary/aromatic N) is 4. The SMILES string of the molecule is Cc1ccc2c(n1)nc(C)c1nc(C)n(Cc3cc(F)c(S(N)(=O)=O)cc3F)c12. The number of benzene rings is 1. The van der Waals surface area contributed by atoms with Gasteiger partial charge in [0.1, 0.15) is 27.9 Å². The fraction of sp³-hybridized carbons (Fsp3) is 0.211. The summed E-state index contributed by atoms with van der Waals surface area (Å²) < 4.78 is 53.4. The molecule has 0 aliphatic rings. The van der Waals surface area contributed by atoms with Crippen molar-refractivity contribution in [1.29, 1.82) is 0 Å². The van der Waals surface area contributed by atoms with E-state index in [9.17, 15) is 17.2 Å². The average Bonchev–Trinajstić information content (AvgIpc) is 2.94. The van der Waals surface area contributed by atoms with Crippen LogP contribution in [-0.2, 0) is 16.6 Å². The molecule has 0 fully saturated rings. The van der Waals surface area contributed by atoms with E-state index in [0.29, 0.717) is 34.3 Å². The van der Waals surface area contributed by atoms with Crippen LogP contribution in [0.1, 0.15) is 22.8 Å². The van der Waals surface area contributed by atoms with Crippen LogP contribution in [-0.4, -0.2) is 27.9 Å². The number of primary sulfonamides is 1. The normalized spacial score (nSPS) is 12.2. The molecule has 0 saturated carbocycles. The van der Waals surface area contributed by atoms with Gasteiger partial charge in [0.2, 0.25) is 10.0 Å². The lowest BCUT2D eigenvalue weighted by molar-refractivity contribution is 0.543. The second-order valence-electron chi connectivity index (χ2n) is 6.88. The van der Waals surface area contributed by atoms with Crippen LogP contribution in [0.2, 0.25) is 0 Å². The number of hydrogen-bond donors (Lipinski definition) is 1. The number of nitrogens with two attached hydrogens (primary N) is 1. The molecule has 0 aliphatic carbocycles. The molecule has 7 nitrogen and oxygen atoms in total. The fourth-order valence-electron chi connectivity index (χ4n) is 3.39. The number of halogens is 2. The van der Waals surface area contributed by atoms with Crippen LogP contribution >= 0.6 is 0 Å². The minimum absolute atomic E-state index is 0.0278. The predicted octanol–water partition coefficient (Wildman–Crippen LogP) is 2.88. The molecule has 0 amide bonds. The largest absolute Gasteiger partial charge is 0.323 e. The topological polar surface area (TPSA) is 104 Å². The van der Waals surface area contributed by atoms with Crippen molar-refractivity contribution in [1.82, 2.24) is 19.5 Å². The van der Waals surface area contributed by atoms with E-state index in [1.807, 2.05) is 26.0 Å². The van der Waals surface area contributed by atoms with E-state index in [4.69, 9.17) is 5.14 Å². The van der Waals surface area contributed by atoms with E-state index in [2.05, 4.69) is 15.0 Å². The first-order chi connectivity index (χ1) is 13.6. The maximum Gasteiger partial charge on any atom is 0.241 e. The lowest BCUT2D eigenvalue weighted by atomic mass is 10.1. The van der Waals surface area contributed by atoms with Crippen molar-refractivity contribution in [3.05, 3.63) is 58.7 Å². The Kier molecular flexibility index (Phi) is 4.35. The maximum atomic E-state index is 14.6. The summed E-state index contributed by atoms with van der Waals surface area (Å²) in [5, 5.41) is 5.67. The molecular weight excluding hydrogens is 400 g/mol. The molecule has 0 aliphatic heterocycles. The standard InChI is InChI=1S/C19H17F2N5O2S/c1-9-4-5-13-18-17(10(2)24-19(13)23-9)25-11(3)26(18)8-12-6-15(21)16(7-14(12)20)29(22,27)28/h4-7H,8H2,1-3H3,(H2,22,27,28). The quantitative estimate of drug-likeness (QED) is 0.552. The molecule has 4 rings (SSSR count). The lowest BCUT2D eigenvalue weighted by Gasteiger charge is -2.11. The number of rotatable bonds is 3. The molecule has 0 bridgehead atoms. The van der Waals surface area contributed by atoms with Gasteiger partial charge in [-0.25, -0.2) is 37.3 Å². The highest BCUT2D eigenvalue weighted by molar-refractivity contribution is 7.89. The van der Waals surface area contributed by atoms with Gasteiger partial charge in [-0.05, 0) is 45.0 Å². The third-order valence-corrected chi connectivity index (χ3v) is 5.71. The summed E-state index contributed by atoms with van der Waals surface area (Å²) in [6, 6.07) is 5.15. The minimum atomic E-state index is -4.37. The van der Waals surface area contributed by atoms with E-state index >= 15 is 0 Å². The molecule has 0 radical (unpaired) electrons. The van der Waals surface area contributed by atoms with Crippen LogP contribution in [0.5, 0.6) is 0 Å². The van der Waals surface area contributed by atoms with Crippen LogP contribution in [0.15, 0.2) is 29.2 Å². The summed E-state index contributed by atoms with van der Waals surface area (Å²) in [5.41, 5.74) is 3.32. The van der Waals surface area contributed by atoms with Gasteiger partial charge in [-0.15, -0.1) is 0 Å². The van der Waals surface area contributed by atoms with Gasteiger partial charge in [0, 0.05) is 16.6 Å². The zero-order valence-electron chi connectivity index (χ0n) is 15.9. The molecule has 29 heavy (non-hydrogen) atoms. The molecule has 1 aromatic carbocycles. The Morgan fingerprint density at radius 1 is 1.03 bits per heavy atom. The van der Waals surface area contributed by atoms with Crippen molar-refractivity contribution in [2.24, 2.45) is 5.14 Å². The summed E-state index contributed by atoms with van der Waals surface area (Å²) in [5.74, 6) is -1.40. The molecule has 0 atom stereocenters. The summed E-state index contributed by atoms with van der Waals surface area (Å²) in [6.45, 7) is 5.36. The zero-order valence-corrected chi connectivity index (χ0v) is 16.7. The van der Waals surface area contributed by atoms with Crippen molar-refractivity contribution < 1.29 is 17.2 Å². The highest BCUT2D eigenvalue weighted by Crippen LogP contribution is 2.28. The zero-order chi connectivity index (χ0) is 21.1. The first-order valence-electron chi connectivity index (χ1n) is 8.68. The van der Waals surface area contributed by atoms with Crippen molar-refractivity contribution in [2.45, 2.75) is 32.2 Å². The second-order valence-corrected chi connectivity index (χ2v) is 8.41. The van der Waals surface area contributed by atoms with Crippen LogP contribution in [0, 0.1) is 32.4 Å². The number of imidazole rings is 1. The van der Waals surface area contributed by atoms with Gasteiger partial charge in [-0.2, -0.15) is 0 Å². The number of sulfonamides is 1. The summed E-state index contributed by atoms with van der Waals surface area (Å²) >= 11 is 0. The molecular formula is C19H17F2N5O2S. The van der Waals surface area contributed by atoms with Crippen LogP contribution < -0.4 is 5.14 Å². The number of pyridine rings is 2. The van der Waals surface area contributed by atoms with E-state index in [1.54, 1.807) is 11.5 Å². The Morgan fingerprint density at radius 3 is 2.45 bits per heavy atom. The molecule has 10 heteroatoms. The number of aryl methyl sites for hydroxylation is 3. The first kappa shape index (κ1) is 19.3. The molecule has 3 aromatic heterocycles. The number of hydrogen-bond acceptors (Lipinski definition) is 5. The summed E-state index contributed by atoms with van der Waals surface area (Å²) in [6.07, 6.45) is 0. The lowest BCUT2D eigenvalue weighted by Crippen LogP contribution is -2.15. The van der Waals surface area contributed by atoms with Gasteiger partial charge in [-0.1, -0.05) is 0 Å². The highest BCUT2D eigenvalue weighted by Gasteiger charge is 2.21. The number of aromatic nitrogens is 4. The van der Waals surface area contributed by atoms with E-state index in [1.165, 1.54) is 0 Å². The summed E-state index contributed by atoms with van der Waals surface area (Å²) in [4.78, 5) is 12.6. The summed E-state index contributed by atoms with van der Waals surface area (Å²) in [7, 11) is -4.37. The smallest absolute Gasteiger partial charge is 0.241 e. The Bertz CT molecular complexity index is 1410. The number of fused-ring (bicyclic) bond motifs is 3. The molecule has 0 saturated heterocycles. The van der Waals surface area contributed by atoms with Gasteiger partial charge in [0.15, 0.2) is 5.65 Å². The first-order valence-corrected chi connectivity index (χ1v) is 10.2. The van der Waals surface area contributed by atoms with Crippen molar-refractivity contribution in [2.75, 3.05) is 0 Å². The van der Waals surface area contributed by atoms with Gasteiger partial charge < -0.3 is 4.57 Å². The molecule has 3 heterocycles. The monoisotopic (exact) mass is 417 g/mol. The van der Waals surface area contributed by atoms with Crippen molar-refractivity contribution in [3.63, 3.8) is 0 Å².